The minimum Gasteiger partial charge on any atom is -0.386 e. The lowest BCUT2D eigenvalue weighted by molar-refractivity contribution is 0.0867. The van der Waals surface area contributed by atoms with Crippen molar-refractivity contribution in [2.75, 3.05) is 19.6 Å². The number of aliphatic hydroxyl groups excluding tert-OH is 1. The summed E-state index contributed by atoms with van der Waals surface area (Å²) < 4.78 is 3.37. The van der Waals surface area contributed by atoms with Gasteiger partial charge in [-0.3, -0.25) is 9.69 Å². The van der Waals surface area contributed by atoms with E-state index in [0.717, 1.165) is 31.7 Å². The third-order valence-electron chi connectivity index (χ3n) is 4.78. The third kappa shape index (κ3) is 3.02. The Bertz CT molecular complexity index is 784. The molecule has 1 N–H and O–H groups in total. The molecule has 1 saturated heterocycles. The summed E-state index contributed by atoms with van der Waals surface area (Å²) in [7, 11) is 0. The number of hydrogen-bond donors (Lipinski definition) is 1. The van der Waals surface area contributed by atoms with E-state index >= 15 is 0 Å². The molecule has 126 valence electrons. The second kappa shape index (κ2) is 6.29. The van der Waals surface area contributed by atoms with E-state index in [0.29, 0.717) is 18.4 Å². The molecule has 0 unspecified atom stereocenters. The second-order valence-corrected chi connectivity index (χ2v) is 6.59. The summed E-state index contributed by atoms with van der Waals surface area (Å²) in [5.74, 6) is 0.812. The average molecular weight is 328 g/mol. The molecule has 0 spiro atoms. The molecular formula is C16H20N6O2. The number of pyridine rings is 1. The van der Waals surface area contributed by atoms with E-state index in [2.05, 4.69) is 26.3 Å². The van der Waals surface area contributed by atoms with Crippen LogP contribution in [0.1, 0.15) is 18.0 Å². The highest BCUT2D eigenvalue weighted by Crippen LogP contribution is 2.34. The van der Waals surface area contributed by atoms with Gasteiger partial charge in [0.1, 0.15) is 18.8 Å². The summed E-state index contributed by atoms with van der Waals surface area (Å²) in [6.07, 6.45) is 4.92. The summed E-state index contributed by atoms with van der Waals surface area (Å²) in [4.78, 5) is 14.3. The van der Waals surface area contributed by atoms with E-state index in [-0.39, 0.29) is 5.56 Å². The standard InChI is InChI=1S/C16H20N6O2/c23-14(5-19-21-10-17-18-11-21)9-20-6-12-4-13(8-20)15-2-1-3-16(24)22(15)7-12/h1-3,5,10-14,23H,4,6-9H2/b19-5-/t12-,13-,14-/m0/s1. The van der Waals surface area contributed by atoms with Gasteiger partial charge >= 0.3 is 0 Å². The molecule has 0 saturated carbocycles. The third-order valence-corrected chi connectivity index (χ3v) is 4.78. The molecule has 2 aromatic heterocycles. The zero-order valence-corrected chi connectivity index (χ0v) is 13.3. The topological polar surface area (TPSA) is 88.5 Å². The molecule has 2 bridgehead atoms. The highest BCUT2D eigenvalue weighted by molar-refractivity contribution is 5.62. The summed E-state index contributed by atoms with van der Waals surface area (Å²) in [6, 6.07) is 5.53. The van der Waals surface area contributed by atoms with E-state index < -0.39 is 6.10 Å². The predicted octanol–water partition coefficient (Wildman–Crippen LogP) is -0.246. The number of piperidine rings is 1. The van der Waals surface area contributed by atoms with Gasteiger partial charge in [0.25, 0.3) is 5.56 Å². The lowest BCUT2D eigenvalue weighted by Crippen LogP contribution is -2.49. The molecule has 0 radical (unpaired) electrons. The van der Waals surface area contributed by atoms with Crippen molar-refractivity contribution in [1.82, 2.24) is 24.3 Å². The predicted molar refractivity (Wildman–Crippen MR) is 87.9 cm³/mol. The van der Waals surface area contributed by atoms with E-state index in [1.165, 1.54) is 23.5 Å². The normalized spacial score (nSPS) is 24.9. The Kier molecular flexibility index (Phi) is 3.99. The monoisotopic (exact) mass is 328 g/mol. The minimum absolute atomic E-state index is 0.0942. The van der Waals surface area contributed by atoms with Crippen LogP contribution in [-0.2, 0) is 6.54 Å². The maximum absolute atomic E-state index is 12.0. The second-order valence-electron chi connectivity index (χ2n) is 6.59. The summed E-state index contributed by atoms with van der Waals surface area (Å²) in [5.41, 5.74) is 1.22. The van der Waals surface area contributed by atoms with Gasteiger partial charge in [0, 0.05) is 43.9 Å². The molecule has 2 aliphatic heterocycles. The number of hydrogen-bond acceptors (Lipinski definition) is 6. The first-order valence-corrected chi connectivity index (χ1v) is 8.18. The van der Waals surface area contributed by atoms with Gasteiger partial charge in [-0.15, -0.1) is 10.2 Å². The fraction of sp³-hybridized carbons (Fsp3) is 0.500. The van der Waals surface area contributed by atoms with Crippen LogP contribution in [0.25, 0.3) is 0 Å². The lowest BCUT2D eigenvalue weighted by atomic mass is 9.83. The van der Waals surface area contributed by atoms with Crippen LogP contribution in [0.15, 0.2) is 40.7 Å². The number of nitrogens with zero attached hydrogens (tertiary/aromatic N) is 6. The Balaban J connectivity index is 1.43. The summed E-state index contributed by atoms with van der Waals surface area (Å²) in [5, 5.41) is 21.6. The number of β-amino-alcohol motifs (C(OH)–C–C–N with tert-alkyl or cyclic N) is 1. The quantitative estimate of drug-likeness (QED) is 0.782. The smallest absolute Gasteiger partial charge is 0.250 e. The van der Waals surface area contributed by atoms with Crippen molar-refractivity contribution >= 4 is 6.21 Å². The molecule has 2 aromatic rings. The summed E-state index contributed by atoms with van der Waals surface area (Å²) in [6.45, 7) is 3.06. The molecule has 0 aromatic carbocycles. The SMILES string of the molecule is O=c1cccc2n1C[C@H]1C[C@H]2CN(C[C@@H](O)/C=N\n2cnnc2)C1. The van der Waals surface area contributed by atoms with Crippen molar-refractivity contribution in [3.8, 4) is 0 Å². The van der Waals surface area contributed by atoms with Crippen LogP contribution >= 0.6 is 0 Å². The number of aromatic nitrogens is 4. The van der Waals surface area contributed by atoms with Gasteiger partial charge in [0.2, 0.25) is 0 Å². The Morgan fingerprint density at radius 2 is 2.12 bits per heavy atom. The summed E-state index contributed by atoms with van der Waals surface area (Å²) >= 11 is 0. The average Bonchev–Trinajstić information content (AvgIpc) is 3.07. The van der Waals surface area contributed by atoms with Gasteiger partial charge in [0.05, 0.1) is 6.21 Å². The highest BCUT2D eigenvalue weighted by atomic mass is 16.3. The first-order valence-electron chi connectivity index (χ1n) is 8.18. The van der Waals surface area contributed by atoms with Crippen molar-refractivity contribution in [1.29, 1.82) is 0 Å². The van der Waals surface area contributed by atoms with Gasteiger partial charge in [-0.2, -0.15) is 5.10 Å². The zero-order chi connectivity index (χ0) is 16.5. The van der Waals surface area contributed by atoms with E-state index in [9.17, 15) is 9.90 Å². The van der Waals surface area contributed by atoms with Crippen molar-refractivity contribution in [3.05, 3.63) is 46.9 Å². The zero-order valence-electron chi connectivity index (χ0n) is 13.3. The van der Waals surface area contributed by atoms with Gasteiger partial charge in [0.15, 0.2) is 0 Å². The molecule has 0 aliphatic carbocycles. The fourth-order valence-electron chi connectivity index (χ4n) is 3.87. The molecule has 4 heterocycles. The van der Waals surface area contributed by atoms with Crippen LogP contribution in [0.4, 0.5) is 0 Å². The van der Waals surface area contributed by atoms with E-state index in [4.69, 9.17) is 0 Å². The molecule has 8 nitrogen and oxygen atoms in total. The van der Waals surface area contributed by atoms with Crippen molar-refractivity contribution < 1.29 is 5.11 Å². The fourth-order valence-corrected chi connectivity index (χ4v) is 3.87. The van der Waals surface area contributed by atoms with Crippen LogP contribution in [0.2, 0.25) is 0 Å². The number of rotatable bonds is 4. The Morgan fingerprint density at radius 3 is 2.96 bits per heavy atom. The maximum Gasteiger partial charge on any atom is 0.250 e. The first kappa shape index (κ1) is 15.2. The van der Waals surface area contributed by atoms with Crippen LogP contribution in [0.3, 0.4) is 0 Å². The van der Waals surface area contributed by atoms with Crippen molar-refractivity contribution in [2.45, 2.75) is 25.0 Å². The molecule has 4 rings (SSSR count). The number of aliphatic hydroxyl groups is 1. The van der Waals surface area contributed by atoms with E-state index in [1.54, 1.807) is 6.07 Å². The molecule has 2 aliphatic rings. The maximum atomic E-state index is 12.0. The Hall–Kier alpha value is -2.32. The first-order chi connectivity index (χ1) is 11.7. The molecule has 1 fully saturated rings. The molecule has 3 atom stereocenters. The molecule has 0 amide bonds. The Morgan fingerprint density at radius 1 is 1.29 bits per heavy atom. The largest absolute Gasteiger partial charge is 0.386 e. The van der Waals surface area contributed by atoms with E-state index in [1.807, 2.05) is 10.6 Å². The Labute approximate surface area is 139 Å². The van der Waals surface area contributed by atoms with Gasteiger partial charge < -0.3 is 9.67 Å². The number of likely N-dealkylation sites (tertiary alicyclic amines) is 1. The number of fused-ring (bicyclic) bond motifs is 4. The van der Waals surface area contributed by atoms with Crippen LogP contribution in [0.5, 0.6) is 0 Å². The van der Waals surface area contributed by atoms with Crippen LogP contribution in [0, 0.1) is 5.92 Å². The lowest BCUT2D eigenvalue weighted by Gasteiger charge is -2.43. The van der Waals surface area contributed by atoms with Gasteiger partial charge in [-0.1, -0.05) is 6.07 Å². The van der Waals surface area contributed by atoms with Crippen LogP contribution < -0.4 is 5.56 Å². The highest BCUT2D eigenvalue weighted by Gasteiger charge is 2.34. The molecule has 8 heteroatoms. The van der Waals surface area contributed by atoms with Gasteiger partial charge in [-0.25, -0.2) is 4.68 Å². The molecule has 24 heavy (non-hydrogen) atoms. The van der Waals surface area contributed by atoms with Crippen molar-refractivity contribution in [3.63, 3.8) is 0 Å². The molecular weight excluding hydrogens is 308 g/mol. The van der Waals surface area contributed by atoms with Gasteiger partial charge in [-0.05, 0) is 18.4 Å². The van der Waals surface area contributed by atoms with Crippen molar-refractivity contribution in [2.24, 2.45) is 11.0 Å². The minimum atomic E-state index is -0.649. The van der Waals surface area contributed by atoms with Crippen LogP contribution in [-0.4, -0.2) is 61.4 Å².